The molecule has 2 heterocycles. The second kappa shape index (κ2) is 7.28. The molecule has 0 atom stereocenters. The summed E-state index contributed by atoms with van der Waals surface area (Å²) in [6.07, 6.45) is 9.57. The zero-order valence-corrected chi connectivity index (χ0v) is 14.8. The van der Waals surface area contributed by atoms with Gasteiger partial charge >= 0.3 is 0 Å². The number of hydrogen-bond donors (Lipinski definition) is 1. The number of nitrogens with one attached hydrogen (secondary N) is 1. The summed E-state index contributed by atoms with van der Waals surface area (Å²) < 4.78 is 0. The Bertz CT molecular complexity index is 828. The summed E-state index contributed by atoms with van der Waals surface area (Å²) in [7, 11) is 0. The van der Waals surface area contributed by atoms with E-state index in [1.807, 2.05) is 18.2 Å². The maximum absolute atomic E-state index is 12.9. The lowest BCUT2D eigenvalue weighted by Gasteiger charge is -2.23. The molecule has 1 aromatic heterocycles. The summed E-state index contributed by atoms with van der Waals surface area (Å²) >= 11 is 0. The fourth-order valence-corrected chi connectivity index (χ4v) is 3.90. The lowest BCUT2D eigenvalue weighted by atomic mass is 9.95. The Kier molecular flexibility index (Phi) is 4.69. The molecule has 1 saturated carbocycles. The molecule has 2 aliphatic rings. The van der Waals surface area contributed by atoms with Crippen LogP contribution in [0.3, 0.4) is 0 Å². The van der Waals surface area contributed by atoms with E-state index in [2.05, 4.69) is 16.4 Å². The van der Waals surface area contributed by atoms with E-state index in [0.717, 1.165) is 37.8 Å². The van der Waals surface area contributed by atoms with Gasteiger partial charge in [0.05, 0.1) is 11.1 Å². The van der Waals surface area contributed by atoms with Crippen LogP contribution in [0.4, 0.5) is 5.69 Å². The molecule has 0 bridgehead atoms. The summed E-state index contributed by atoms with van der Waals surface area (Å²) in [6, 6.07) is 9.85. The first-order chi connectivity index (χ1) is 12.7. The first kappa shape index (κ1) is 16.8. The highest BCUT2D eigenvalue weighted by molar-refractivity contribution is 6.08. The number of pyridine rings is 1. The van der Waals surface area contributed by atoms with Crippen molar-refractivity contribution in [3.05, 3.63) is 59.4 Å². The van der Waals surface area contributed by atoms with E-state index >= 15 is 0 Å². The molecule has 2 aromatic rings. The number of fused-ring (bicyclic) bond motifs is 1. The first-order valence-electron chi connectivity index (χ1n) is 9.38. The minimum Gasteiger partial charge on any atom is -0.349 e. The number of nitrogens with zero attached hydrogens (tertiary/aromatic N) is 2. The lowest BCUT2D eigenvalue weighted by molar-refractivity contribution is 0.0927. The van der Waals surface area contributed by atoms with E-state index in [0.29, 0.717) is 17.7 Å². The Labute approximate surface area is 153 Å². The molecule has 1 aliphatic heterocycles. The fraction of sp³-hybridized carbons (Fsp3) is 0.381. The van der Waals surface area contributed by atoms with Crippen LogP contribution < -0.4 is 10.2 Å². The van der Waals surface area contributed by atoms with Gasteiger partial charge in [0.25, 0.3) is 11.8 Å². The number of rotatable bonds is 3. The van der Waals surface area contributed by atoms with E-state index in [1.165, 1.54) is 18.2 Å². The van der Waals surface area contributed by atoms with Gasteiger partial charge in [-0.2, -0.15) is 0 Å². The smallest absolute Gasteiger partial charge is 0.259 e. The Morgan fingerprint density at radius 3 is 2.65 bits per heavy atom. The second-order valence-corrected chi connectivity index (χ2v) is 7.11. The summed E-state index contributed by atoms with van der Waals surface area (Å²) in [5, 5.41) is 3.08. The molecule has 5 heteroatoms. The van der Waals surface area contributed by atoms with Crippen LogP contribution in [0.15, 0.2) is 42.7 Å². The SMILES string of the molecule is O=C(NC1CCCCC1)c1cncc(C(=O)N2CCc3ccccc32)c1. The van der Waals surface area contributed by atoms with Gasteiger partial charge < -0.3 is 10.2 Å². The zero-order chi connectivity index (χ0) is 17.9. The van der Waals surface area contributed by atoms with Crippen molar-refractivity contribution < 1.29 is 9.59 Å². The molecule has 134 valence electrons. The molecule has 0 spiro atoms. The molecule has 1 fully saturated rings. The van der Waals surface area contributed by atoms with E-state index in [1.54, 1.807) is 17.2 Å². The van der Waals surface area contributed by atoms with Gasteiger partial charge in [-0.15, -0.1) is 0 Å². The minimum atomic E-state index is -0.138. The van der Waals surface area contributed by atoms with Gasteiger partial charge in [0.15, 0.2) is 0 Å². The number of anilines is 1. The second-order valence-electron chi connectivity index (χ2n) is 7.11. The fourth-order valence-electron chi connectivity index (χ4n) is 3.90. The van der Waals surface area contributed by atoms with Crippen molar-refractivity contribution in [2.45, 2.75) is 44.6 Å². The third-order valence-electron chi connectivity index (χ3n) is 5.32. The van der Waals surface area contributed by atoms with Crippen molar-refractivity contribution in [3.8, 4) is 0 Å². The number of benzene rings is 1. The quantitative estimate of drug-likeness (QED) is 0.924. The Balaban J connectivity index is 1.50. The summed E-state index contributed by atoms with van der Waals surface area (Å²) in [5.41, 5.74) is 3.04. The van der Waals surface area contributed by atoms with E-state index in [4.69, 9.17) is 0 Å². The van der Waals surface area contributed by atoms with Crippen LogP contribution in [0.5, 0.6) is 0 Å². The largest absolute Gasteiger partial charge is 0.349 e. The summed E-state index contributed by atoms with van der Waals surface area (Å²) in [4.78, 5) is 31.4. The maximum atomic E-state index is 12.9. The Morgan fingerprint density at radius 2 is 1.81 bits per heavy atom. The number of carbonyl (C=O) groups excluding carboxylic acids is 2. The van der Waals surface area contributed by atoms with Crippen molar-refractivity contribution in [1.29, 1.82) is 0 Å². The molecule has 26 heavy (non-hydrogen) atoms. The molecular weight excluding hydrogens is 326 g/mol. The van der Waals surface area contributed by atoms with Crippen LogP contribution >= 0.6 is 0 Å². The van der Waals surface area contributed by atoms with Gasteiger partial charge in [-0.3, -0.25) is 14.6 Å². The van der Waals surface area contributed by atoms with Crippen molar-refractivity contribution in [3.63, 3.8) is 0 Å². The molecule has 0 saturated heterocycles. The molecule has 0 unspecified atom stereocenters. The Morgan fingerprint density at radius 1 is 1.04 bits per heavy atom. The van der Waals surface area contributed by atoms with Crippen molar-refractivity contribution in [2.24, 2.45) is 0 Å². The van der Waals surface area contributed by atoms with Crippen LogP contribution in [-0.2, 0) is 6.42 Å². The normalized spacial score (nSPS) is 17.0. The van der Waals surface area contributed by atoms with Crippen LogP contribution in [0.1, 0.15) is 58.4 Å². The van der Waals surface area contributed by atoms with Crippen LogP contribution in [0.2, 0.25) is 0 Å². The number of aromatic nitrogens is 1. The van der Waals surface area contributed by atoms with Crippen molar-refractivity contribution >= 4 is 17.5 Å². The van der Waals surface area contributed by atoms with Crippen LogP contribution in [0.25, 0.3) is 0 Å². The molecule has 1 aliphatic carbocycles. The van der Waals surface area contributed by atoms with Crippen molar-refractivity contribution in [1.82, 2.24) is 10.3 Å². The van der Waals surface area contributed by atoms with Crippen LogP contribution in [-0.4, -0.2) is 29.4 Å². The molecule has 4 rings (SSSR count). The number of amides is 2. The van der Waals surface area contributed by atoms with Gasteiger partial charge in [-0.05, 0) is 37.0 Å². The topological polar surface area (TPSA) is 62.3 Å². The standard InChI is InChI=1S/C21H23N3O2/c25-20(23-18-7-2-1-3-8-18)16-12-17(14-22-13-16)21(26)24-11-10-15-6-4-5-9-19(15)24/h4-6,9,12-14,18H,1-3,7-8,10-11H2,(H,23,25). The van der Waals surface area contributed by atoms with Crippen molar-refractivity contribution in [2.75, 3.05) is 11.4 Å². The average Bonchev–Trinajstić information content (AvgIpc) is 3.12. The molecule has 5 nitrogen and oxygen atoms in total. The molecule has 0 radical (unpaired) electrons. The molecule has 2 amide bonds. The van der Waals surface area contributed by atoms with E-state index in [9.17, 15) is 9.59 Å². The predicted octanol–water partition coefficient (Wildman–Crippen LogP) is 3.35. The maximum Gasteiger partial charge on any atom is 0.259 e. The first-order valence-corrected chi connectivity index (χ1v) is 9.38. The minimum absolute atomic E-state index is 0.102. The highest BCUT2D eigenvalue weighted by atomic mass is 16.2. The molecular formula is C21H23N3O2. The van der Waals surface area contributed by atoms with Gasteiger partial charge in [0.1, 0.15) is 0 Å². The van der Waals surface area contributed by atoms with Gasteiger partial charge in [-0.25, -0.2) is 0 Å². The summed E-state index contributed by atoms with van der Waals surface area (Å²) in [5.74, 6) is -0.240. The van der Waals surface area contributed by atoms with Gasteiger partial charge in [0.2, 0.25) is 0 Å². The zero-order valence-electron chi connectivity index (χ0n) is 14.8. The highest BCUT2D eigenvalue weighted by Gasteiger charge is 2.26. The van der Waals surface area contributed by atoms with Crippen LogP contribution in [0, 0.1) is 0 Å². The highest BCUT2D eigenvalue weighted by Crippen LogP contribution is 2.28. The third kappa shape index (κ3) is 3.34. The summed E-state index contributed by atoms with van der Waals surface area (Å²) in [6.45, 7) is 0.663. The van der Waals surface area contributed by atoms with E-state index in [-0.39, 0.29) is 17.9 Å². The molecule has 1 N–H and O–H groups in total. The third-order valence-corrected chi connectivity index (χ3v) is 5.32. The van der Waals surface area contributed by atoms with Gasteiger partial charge in [-0.1, -0.05) is 37.5 Å². The lowest BCUT2D eigenvalue weighted by Crippen LogP contribution is -2.36. The molecule has 1 aromatic carbocycles. The monoisotopic (exact) mass is 349 g/mol. The predicted molar refractivity (Wildman–Crippen MR) is 100 cm³/mol. The number of carbonyl (C=O) groups is 2. The van der Waals surface area contributed by atoms with E-state index < -0.39 is 0 Å². The van der Waals surface area contributed by atoms with Gasteiger partial charge in [0, 0.05) is 30.7 Å². The number of hydrogen-bond acceptors (Lipinski definition) is 3. The average molecular weight is 349 g/mol. The Hall–Kier alpha value is -2.69. The number of para-hydroxylation sites is 1.